The Balaban J connectivity index is 1.60. The smallest absolute Gasteiger partial charge is 0.315 e. The van der Waals surface area contributed by atoms with E-state index in [2.05, 4.69) is 15.8 Å². The van der Waals surface area contributed by atoms with Crippen LogP contribution in [0.5, 0.6) is 11.5 Å². The van der Waals surface area contributed by atoms with Gasteiger partial charge in [-0.15, -0.1) is 0 Å². The first-order valence-corrected chi connectivity index (χ1v) is 8.58. The maximum atomic E-state index is 12.0. The van der Waals surface area contributed by atoms with Crippen molar-refractivity contribution in [3.05, 3.63) is 70.3 Å². The molecule has 9 nitrogen and oxygen atoms in total. The second kappa shape index (κ2) is 8.70. The number of phenols is 1. The third kappa shape index (κ3) is 4.78. The molecule has 0 saturated carbocycles. The number of phenolic OH excluding ortho intramolecular Hbond substituents is 1. The molecule has 3 rings (SSSR count). The van der Waals surface area contributed by atoms with Crippen LogP contribution in [0.3, 0.4) is 0 Å². The summed E-state index contributed by atoms with van der Waals surface area (Å²) in [6.07, 6.45) is 1.23. The van der Waals surface area contributed by atoms with Crippen LogP contribution >= 0.6 is 0 Å². The van der Waals surface area contributed by atoms with Gasteiger partial charge in [-0.1, -0.05) is 30.3 Å². The molecule has 3 aromatic carbocycles. The lowest BCUT2D eigenvalue weighted by Gasteiger charge is -2.07. The lowest BCUT2D eigenvalue weighted by Crippen LogP contribution is -2.25. The lowest BCUT2D eigenvalue weighted by molar-refractivity contribution is -0.386. The molecule has 148 valence electrons. The zero-order valence-corrected chi connectivity index (χ0v) is 15.5. The summed E-state index contributed by atoms with van der Waals surface area (Å²) < 4.78 is 4.91. The molecule has 0 radical (unpaired) electrons. The molecule has 0 unspecified atom stereocenters. The number of amides is 1. The van der Waals surface area contributed by atoms with E-state index < -0.39 is 22.3 Å². The number of nitro groups is 1. The minimum atomic E-state index is -0.735. The molecule has 0 aromatic heterocycles. The summed E-state index contributed by atoms with van der Waals surface area (Å²) >= 11 is 0. The average Bonchev–Trinajstić information content (AvgIpc) is 2.72. The van der Waals surface area contributed by atoms with Crippen molar-refractivity contribution in [2.75, 3.05) is 19.0 Å². The first kappa shape index (κ1) is 19.6. The molecule has 0 aliphatic rings. The van der Waals surface area contributed by atoms with Crippen LogP contribution in [0.25, 0.3) is 10.8 Å². The maximum Gasteiger partial charge on any atom is 0.315 e. The highest BCUT2D eigenvalue weighted by Crippen LogP contribution is 2.36. The third-order valence-corrected chi connectivity index (χ3v) is 4.10. The number of nitrogens with zero attached hydrogens (tertiary/aromatic N) is 2. The number of fused-ring (bicyclic) bond motifs is 1. The number of hydrogen-bond donors (Lipinski definition) is 3. The predicted octanol–water partition coefficient (Wildman–Crippen LogP) is 3.02. The molecule has 3 aromatic rings. The van der Waals surface area contributed by atoms with Gasteiger partial charge >= 0.3 is 5.69 Å². The van der Waals surface area contributed by atoms with Crippen LogP contribution in [0.1, 0.15) is 5.56 Å². The number of ether oxygens (including phenoxy) is 1. The summed E-state index contributed by atoms with van der Waals surface area (Å²) in [5.74, 6) is -1.03. The summed E-state index contributed by atoms with van der Waals surface area (Å²) in [5, 5.41) is 29.7. The van der Waals surface area contributed by atoms with Crippen molar-refractivity contribution >= 4 is 34.3 Å². The van der Waals surface area contributed by atoms with Crippen molar-refractivity contribution < 1.29 is 19.6 Å². The van der Waals surface area contributed by atoms with E-state index in [1.165, 1.54) is 19.4 Å². The number of benzene rings is 3. The maximum absolute atomic E-state index is 12.0. The van der Waals surface area contributed by atoms with Gasteiger partial charge in [-0.2, -0.15) is 5.10 Å². The number of carbonyl (C=O) groups excluding carboxylic acids is 1. The molecule has 0 aliphatic heterocycles. The highest BCUT2D eigenvalue weighted by atomic mass is 16.6. The lowest BCUT2D eigenvalue weighted by atomic mass is 10.1. The van der Waals surface area contributed by atoms with Gasteiger partial charge < -0.3 is 15.2 Å². The van der Waals surface area contributed by atoms with Gasteiger partial charge in [-0.05, 0) is 29.0 Å². The summed E-state index contributed by atoms with van der Waals surface area (Å²) in [7, 11) is 1.28. The monoisotopic (exact) mass is 394 g/mol. The van der Waals surface area contributed by atoms with Crippen LogP contribution in [0.4, 0.5) is 11.4 Å². The van der Waals surface area contributed by atoms with Crippen LogP contribution in [0, 0.1) is 10.1 Å². The van der Waals surface area contributed by atoms with Crippen LogP contribution in [-0.2, 0) is 4.79 Å². The Kier molecular flexibility index (Phi) is 5.88. The fourth-order valence-corrected chi connectivity index (χ4v) is 2.68. The van der Waals surface area contributed by atoms with E-state index in [4.69, 9.17) is 4.74 Å². The average molecular weight is 394 g/mol. The standard InChI is InChI=1S/C20H18N4O5/c1-29-18-9-13(8-17(20(18)26)24(27)28)11-22-23-19(25)12-21-16-7-6-14-4-2-3-5-15(14)10-16/h2-11,21,26H,12H2,1H3,(H,23,25)/b22-11+. The van der Waals surface area contributed by atoms with Crippen LogP contribution in [-0.4, -0.2) is 35.8 Å². The molecule has 0 atom stereocenters. The normalized spacial score (nSPS) is 10.8. The summed E-state index contributed by atoms with van der Waals surface area (Å²) in [6, 6.07) is 16.1. The van der Waals surface area contributed by atoms with E-state index in [1.54, 1.807) is 0 Å². The van der Waals surface area contributed by atoms with Crippen molar-refractivity contribution in [3.8, 4) is 11.5 Å². The third-order valence-electron chi connectivity index (χ3n) is 4.10. The molecule has 3 N–H and O–H groups in total. The Morgan fingerprint density at radius 3 is 2.69 bits per heavy atom. The number of nitro benzene ring substituents is 1. The molecule has 29 heavy (non-hydrogen) atoms. The summed E-state index contributed by atoms with van der Waals surface area (Å²) in [6.45, 7) is -0.00523. The first-order chi connectivity index (χ1) is 14.0. The van der Waals surface area contributed by atoms with Crippen molar-refractivity contribution in [3.63, 3.8) is 0 Å². The fourth-order valence-electron chi connectivity index (χ4n) is 2.68. The predicted molar refractivity (Wildman–Crippen MR) is 109 cm³/mol. The number of anilines is 1. The van der Waals surface area contributed by atoms with E-state index in [-0.39, 0.29) is 17.9 Å². The Morgan fingerprint density at radius 1 is 1.21 bits per heavy atom. The molecule has 0 heterocycles. The molecular weight excluding hydrogens is 376 g/mol. The minimum Gasteiger partial charge on any atom is -0.500 e. The summed E-state index contributed by atoms with van der Waals surface area (Å²) in [4.78, 5) is 22.2. The number of hydrogen-bond acceptors (Lipinski definition) is 7. The van der Waals surface area contributed by atoms with Gasteiger partial charge in [-0.25, -0.2) is 5.43 Å². The van der Waals surface area contributed by atoms with Crippen molar-refractivity contribution in [1.82, 2.24) is 5.43 Å². The van der Waals surface area contributed by atoms with E-state index in [0.29, 0.717) is 0 Å². The Morgan fingerprint density at radius 2 is 1.97 bits per heavy atom. The number of nitrogens with one attached hydrogen (secondary N) is 2. The summed E-state index contributed by atoms with van der Waals surface area (Å²) in [5.41, 5.74) is 2.90. The van der Waals surface area contributed by atoms with E-state index in [1.807, 2.05) is 42.5 Å². The molecular formula is C20H18N4O5. The van der Waals surface area contributed by atoms with Crippen molar-refractivity contribution in [1.29, 1.82) is 0 Å². The number of rotatable bonds is 7. The van der Waals surface area contributed by atoms with Gasteiger partial charge in [0.05, 0.1) is 24.8 Å². The molecule has 9 heteroatoms. The van der Waals surface area contributed by atoms with Gasteiger partial charge in [0.15, 0.2) is 5.75 Å². The van der Waals surface area contributed by atoms with Gasteiger partial charge in [-0.3, -0.25) is 14.9 Å². The Hall–Kier alpha value is -4.14. The number of hydrazone groups is 1. The Bertz CT molecular complexity index is 1100. The number of aromatic hydroxyl groups is 1. The molecule has 0 aliphatic carbocycles. The highest BCUT2D eigenvalue weighted by molar-refractivity contribution is 5.88. The quantitative estimate of drug-likeness (QED) is 0.321. The van der Waals surface area contributed by atoms with Gasteiger partial charge in [0.1, 0.15) is 0 Å². The van der Waals surface area contributed by atoms with Gasteiger partial charge in [0.25, 0.3) is 5.91 Å². The second-order valence-corrected chi connectivity index (χ2v) is 6.06. The van der Waals surface area contributed by atoms with Gasteiger partial charge in [0.2, 0.25) is 5.75 Å². The van der Waals surface area contributed by atoms with E-state index in [9.17, 15) is 20.0 Å². The largest absolute Gasteiger partial charge is 0.500 e. The highest BCUT2D eigenvalue weighted by Gasteiger charge is 2.19. The molecule has 0 bridgehead atoms. The first-order valence-electron chi connectivity index (χ1n) is 8.58. The Labute approximate surface area is 165 Å². The second-order valence-electron chi connectivity index (χ2n) is 6.06. The van der Waals surface area contributed by atoms with Crippen molar-refractivity contribution in [2.45, 2.75) is 0 Å². The molecule has 0 saturated heterocycles. The number of carbonyl (C=O) groups is 1. The van der Waals surface area contributed by atoms with E-state index >= 15 is 0 Å². The van der Waals surface area contributed by atoms with E-state index in [0.717, 1.165) is 22.5 Å². The van der Waals surface area contributed by atoms with Crippen LogP contribution in [0.2, 0.25) is 0 Å². The van der Waals surface area contributed by atoms with Crippen LogP contribution < -0.4 is 15.5 Å². The molecule has 0 spiro atoms. The van der Waals surface area contributed by atoms with Crippen molar-refractivity contribution in [2.24, 2.45) is 5.10 Å². The topological polar surface area (TPSA) is 126 Å². The minimum absolute atomic E-state index is 0.00523. The fraction of sp³-hybridized carbons (Fsp3) is 0.100. The van der Waals surface area contributed by atoms with Crippen LogP contribution in [0.15, 0.2) is 59.7 Å². The SMILES string of the molecule is COc1cc(/C=N/NC(=O)CNc2ccc3ccccc3c2)cc([N+](=O)[O-])c1O. The zero-order chi connectivity index (χ0) is 20.8. The van der Waals surface area contributed by atoms with Gasteiger partial charge in [0, 0.05) is 17.3 Å². The molecule has 0 fully saturated rings. The number of methoxy groups -OCH3 is 1. The molecule has 1 amide bonds. The zero-order valence-electron chi connectivity index (χ0n) is 15.5.